The van der Waals surface area contributed by atoms with Crippen LogP contribution in [0.25, 0.3) is 11.3 Å². The summed E-state index contributed by atoms with van der Waals surface area (Å²) in [6.07, 6.45) is 0. The lowest BCUT2D eigenvalue weighted by Crippen LogP contribution is -2.49. The van der Waals surface area contributed by atoms with E-state index < -0.39 is 5.82 Å². The number of piperazine rings is 1. The van der Waals surface area contributed by atoms with Gasteiger partial charge in [0.2, 0.25) is 0 Å². The van der Waals surface area contributed by atoms with Gasteiger partial charge in [0, 0.05) is 37.3 Å². The zero-order chi connectivity index (χ0) is 19.5. The van der Waals surface area contributed by atoms with Crippen molar-refractivity contribution in [2.75, 3.05) is 31.1 Å². The Hall–Kier alpha value is -3.35. The number of hydrogen-bond acceptors (Lipinski definition) is 4. The second kappa shape index (κ2) is 7.72. The lowest BCUT2D eigenvalue weighted by atomic mass is 10.1. The summed E-state index contributed by atoms with van der Waals surface area (Å²) in [6, 6.07) is 15.6. The summed E-state index contributed by atoms with van der Waals surface area (Å²) < 4.78 is 26.4. The highest BCUT2D eigenvalue weighted by atomic mass is 19.1. The third-order valence-corrected chi connectivity index (χ3v) is 4.75. The molecule has 0 radical (unpaired) electrons. The SMILES string of the molecule is O=C(c1cccc(F)c1)N1CCN(c2ccc(-c3ccc(F)cc3)nn2)CC1. The number of rotatable bonds is 3. The van der Waals surface area contributed by atoms with Crippen molar-refractivity contribution >= 4 is 11.7 Å². The van der Waals surface area contributed by atoms with Crippen molar-refractivity contribution in [3.05, 3.63) is 77.9 Å². The fourth-order valence-corrected chi connectivity index (χ4v) is 3.21. The van der Waals surface area contributed by atoms with Gasteiger partial charge in [0.25, 0.3) is 5.91 Å². The molecule has 0 unspecified atom stereocenters. The number of aromatic nitrogens is 2. The Morgan fingerprint density at radius 2 is 1.57 bits per heavy atom. The van der Waals surface area contributed by atoms with Crippen LogP contribution < -0.4 is 4.90 Å². The summed E-state index contributed by atoms with van der Waals surface area (Å²) in [7, 11) is 0. The van der Waals surface area contributed by atoms with Crippen LogP contribution in [-0.4, -0.2) is 47.2 Å². The summed E-state index contributed by atoms with van der Waals surface area (Å²) in [5, 5.41) is 8.50. The van der Waals surface area contributed by atoms with E-state index in [9.17, 15) is 13.6 Å². The van der Waals surface area contributed by atoms with Gasteiger partial charge in [-0.15, -0.1) is 10.2 Å². The van der Waals surface area contributed by atoms with Gasteiger partial charge in [-0.25, -0.2) is 8.78 Å². The maximum absolute atomic E-state index is 13.3. The van der Waals surface area contributed by atoms with Gasteiger partial charge in [-0.05, 0) is 54.6 Å². The van der Waals surface area contributed by atoms with Crippen LogP contribution in [0, 0.1) is 11.6 Å². The molecular weight excluding hydrogens is 362 g/mol. The minimum absolute atomic E-state index is 0.170. The second-order valence-electron chi connectivity index (χ2n) is 6.57. The van der Waals surface area contributed by atoms with Gasteiger partial charge < -0.3 is 9.80 Å². The fourth-order valence-electron chi connectivity index (χ4n) is 3.21. The first-order valence-corrected chi connectivity index (χ1v) is 8.99. The molecule has 2 heterocycles. The standard InChI is InChI=1S/C21H18F2N4O/c22-17-6-4-15(5-7-17)19-8-9-20(25-24-19)26-10-12-27(13-11-26)21(28)16-2-1-3-18(23)14-16/h1-9,14H,10-13H2. The maximum atomic E-state index is 13.3. The van der Waals surface area contributed by atoms with E-state index in [4.69, 9.17) is 0 Å². The first-order chi connectivity index (χ1) is 13.6. The van der Waals surface area contributed by atoms with Gasteiger partial charge in [-0.2, -0.15) is 0 Å². The molecule has 1 fully saturated rings. The van der Waals surface area contributed by atoms with Crippen LogP contribution in [0.3, 0.4) is 0 Å². The molecule has 1 aromatic heterocycles. The van der Waals surface area contributed by atoms with Gasteiger partial charge in [0.1, 0.15) is 11.6 Å². The fraction of sp³-hybridized carbons (Fsp3) is 0.190. The Labute approximate surface area is 161 Å². The molecule has 1 amide bonds. The largest absolute Gasteiger partial charge is 0.352 e. The third-order valence-electron chi connectivity index (χ3n) is 4.75. The molecule has 7 heteroatoms. The van der Waals surface area contributed by atoms with E-state index >= 15 is 0 Å². The smallest absolute Gasteiger partial charge is 0.254 e. The Bertz CT molecular complexity index is 968. The Morgan fingerprint density at radius 3 is 2.21 bits per heavy atom. The average molecular weight is 380 g/mol. The summed E-state index contributed by atoms with van der Waals surface area (Å²) in [6.45, 7) is 2.28. The predicted octanol–water partition coefficient (Wildman–Crippen LogP) is 3.38. The van der Waals surface area contributed by atoms with Gasteiger partial charge in [-0.3, -0.25) is 4.79 Å². The van der Waals surface area contributed by atoms with E-state index in [-0.39, 0.29) is 11.7 Å². The maximum Gasteiger partial charge on any atom is 0.254 e. The highest BCUT2D eigenvalue weighted by molar-refractivity contribution is 5.94. The number of amides is 1. The van der Waals surface area contributed by atoms with Crippen molar-refractivity contribution in [1.29, 1.82) is 0 Å². The quantitative estimate of drug-likeness (QED) is 0.699. The number of nitrogens with zero attached hydrogens (tertiary/aromatic N) is 4. The molecule has 3 aromatic rings. The number of anilines is 1. The van der Waals surface area contributed by atoms with Crippen molar-refractivity contribution in [3.8, 4) is 11.3 Å². The van der Waals surface area contributed by atoms with Crippen LogP contribution >= 0.6 is 0 Å². The molecule has 0 aliphatic carbocycles. The minimum atomic E-state index is -0.416. The first-order valence-electron chi connectivity index (χ1n) is 8.99. The normalized spacial score (nSPS) is 14.2. The van der Waals surface area contributed by atoms with Crippen molar-refractivity contribution in [2.24, 2.45) is 0 Å². The zero-order valence-electron chi connectivity index (χ0n) is 15.1. The van der Waals surface area contributed by atoms with Crippen molar-refractivity contribution in [1.82, 2.24) is 15.1 Å². The minimum Gasteiger partial charge on any atom is -0.352 e. The van der Waals surface area contributed by atoms with Crippen LogP contribution in [0.5, 0.6) is 0 Å². The van der Waals surface area contributed by atoms with E-state index in [1.165, 1.54) is 30.3 Å². The molecule has 5 nitrogen and oxygen atoms in total. The molecule has 28 heavy (non-hydrogen) atoms. The lowest BCUT2D eigenvalue weighted by Gasteiger charge is -2.35. The van der Waals surface area contributed by atoms with Crippen LogP contribution in [0.4, 0.5) is 14.6 Å². The number of benzene rings is 2. The van der Waals surface area contributed by atoms with Gasteiger partial charge in [-0.1, -0.05) is 6.07 Å². The topological polar surface area (TPSA) is 49.3 Å². The number of hydrogen-bond donors (Lipinski definition) is 0. The molecule has 0 atom stereocenters. The molecule has 1 aliphatic heterocycles. The zero-order valence-corrected chi connectivity index (χ0v) is 15.1. The average Bonchev–Trinajstić information content (AvgIpc) is 2.74. The molecule has 4 rings (SSSR count). The van der Waals surface area contributed by atoms with E-state index in [0.717, 1.165) is 11.4 Å². The lowest BCUT2D eigenvalue weighted by molar-refractivity contribution is 0.0746. The van der Waals surface area contributed by atoms with Crippen molar-refractivity contribution in [3.63, 3.8) is 0 Å². The van der Waals surface area contributed by atoms with Gasteiger partial charge in [0.05, 0.1) is 5.69 Å². The summed E-state index contributed by atoms with van der Waals surface area (Å²) in [4.78, 5) is 16.3. The number of halogens is 2. The van der Waals surface area contributed by atoms with Crippen LogP contribution in [0.2, 0.25) is 0 Å². The molecule has 142 valence electrons. The third kappa shape index (κ3) is 3.83. The molecule has 1 aliphatic rings. The van der Waals surface area contributed by atoms with E-state index in [2.05, 4.69) is 15.1 Å². The highest BCUT2D eigenvalue weighted by Crippen LogP contribution is 2.20. The van der Waals surface area contributed by atoms with Gasteiger partial charge >= 0.3 is 0 Å². The van der Waals surface area contributed by atoms with E-state index in [1.807, 2.05) is 12.1 Å². The molecule has 0 saturated carbocycles. The Balaban J connectivity index is 1.39. The Morgan fingerprint density at radius 1 is 0.821 bits per heavy atom. The number of carbonyl (C=O) groups excluding carboxylic acids is 1. The van der Waals surface area contributed by atoms with Crippen LogP contribution in [-0.2, 0) is 0 Å². The molecule has 1 saturated heterocycles. The molecule has 2 aromatic carbocycles. The summed E-state index contributed by atoms with van der Waals surface area (Å²) in [5.41, 5.74) is 1.83. The predicted molar refractivity (Wildman–Crippen MR) is 102 cm³/mol. The Kier molecular flexibility index (Phi) is 4.97. The summed E-state index contributed by atoms with van der Waals surface area (Å²) >= 11 is 0. The highest BCUT2D eigenvalue weighted by Gasteiger charge is 2.23. The van der Waals surface area contributed by atoms with Gasteiger partial charge in [0.15, 0.2) is 5.82 Å². The molecule has 0 bridgehead atoms. The first kappa shape index (κ1) is 18.0. The van der Waals surface area contributed by atoms with E-state index in [0.29, 0.717) is 37.4 Å². The van der Waals surface area contributed by atoms with Crippen molar-refractivity contribution in [2.45, 2.75) is 0 Å². The van der Waals surface area contributed by atoms with Crippen LogP contribution in [0.15, 0.2) is 60.7 Å². The van der Waals surface area contributed by atoms with Crippen LogP contribution in [0.1, 0.15) is 10.4 Å². The summed E-state index contributed by atoms with van der Waals surface area (Å²) in [5.74, 6) is -0.152. The molecule has 0 N–H and O–H groups in total. The monoisotopic (exact) mass is 380 g/mol. The molecule has 0 spiro atoms. The second-order valence-corrected chi connectivity index (χ2v) is 6.57. The molecular formula is C21H18F2N4O. The number of carbonyl (C=O) groups is 1. The van der Waals surface area contributed by atoms with Crippen molar-refractivity contribution < 1.29 is 13.6 Å². The van der Waals surface area contributed by atoms with E-state index in [1.54, 1.807) is 23.1 Å².